The number of aromatic nitrogens is 2. The van der Waals surface area contributed by atoms with Crippen molar-refractivity contribution >= 4 is 5.82 Å². The Balaban J connectivity index is 1.72. The Morgan fingerprint density at radius 3 is 2.68 bits per heavy atom. The van der Waals surface area contributed by atoms with E-state index in [1.54, 1.807) is 6.33 Å². The number of fused-ring (bicyclic) bond motifs is 3. The number of rotatable bonds is 7. The lowest BCUT2D eigenvalue weighted by Gasteiger charge is -2.36. The first-order chi connectivity index (χ1) is 14.9. The molecule has 1 aromatic carbocycles. The second-order valence-electron chi connectivity index (χ2n) is 9.49. The highest BCUT2D eigenvalue weighted by Gasteiger charge is 2.36. The van der Waals surface area contributed by atoms with Gasteiger partial charge in [-0.3, -0.25) is 0 Å². The average molecular weight is 426 g/mol. The van der Waals surface area contributed by atoms with E-state index in [9.17, 15) is 0 Å². The zero-order valence-electron chi connectivity index (χ0n) is 18.7. The summed E-state index contributed by atoms with van der Waals surface area (Å²) in [5.41, 5.74) is 17.8. The van der Waals surface area contributed by atoms with E-state index in [1.165, 1.54) is 11.1 Å². The predicted octanol–water partition coefficient (Wildman–Crippen LogP) is 2.33. The fourth-order valence-corrected chi connectivity index (χ4v) is 5.08. The zero-order chi connectivity index (χ0) is 22.0. The molecule has 0 atom stereocenters. The summed E-state index contributed by atoms with van der Waals surface area (Å²) in [5.74, 6) is 1.52. The summed E-state index contributed by atoms with van der Waals surface area (Å²) in [6, 6.07) is 4.52. The van der Waals surface area contributed by atoms with Gasteiger partial charge < -0.3 is 26.6 Å². The second kappa shape index (κ2) is 9.10. The fourth-order valence-electron chi connectivity index (χ4n) is 5.08. The molecule has 4 rings (SSSR count). The third-order valence-electron chi connectivity index (χ3n) is 6.67. The van der Waals surface area contributed by atoms with Gasteiger partial charge in [0.2, 0.25) is 0 Å². The largest absolute Gasteiger partial charge is 0.490 e. The van der Waals surface area contributed by atoms with Gasteiger partial charge in [0, 0.05) is 23.7 Å². The third kappa shape index (κ3) is 4.54. The number of anilines is 1. The van der Waals surface area contributed by atoms with Crippen LogP contribution in [-0.4, -0.2) is 46.9 Å². The highest BCUT2D eigenvalue weighted by Crippen LogP contribution is 2.47. The Morgan fingerprint density at radius 2 is 1.94 bits per heavy atom. The monoisotopic (exact) mass is 425 g/mol. The Labute approximate surface area is 184 Å². The fraction of sp³-hybridized carbons (Fsp3) is 0.583. The van der Waals surface area contributed by atoms with Crippen LogP contribution in [0.1, 0.15) is 56.2 Å². The lowest BCUT2D eigenvalue weighted by atomic mass is 9.70. The van der Waals surface area contributed by atoms with Gasteiger partial charge in [0.05, 0.1) is 18.4 Å². The van der Waals surface area contributed by atoms with E-state index in [1.807, 2.05) is 0 Å². The quantitative estimate of drug-likeness (QED) is 0.503. The number of aliphatic hydroxyl groups excluding tert-OH is 1. The molecule has 0 bridgehead atoms. The van der Waals surface area contributed by atoms with Gasteiger partial charge in [0.15, 0.2) is 0 Å². The summed E-state index contributed by atoms with van der Waals surface area (Å²) < 4.78 is 6.55. The first-order valence-electron chi connectivity index (χ1n) is 11.4. The summed E-state index contributed by atoms with van der Waals surface area (Å²) in [5, 5.41) is 12.4. The molecule has 6 N–H and O–H groups in total. The molecular weight excluding hydrogens is 390 g/mol. The molecule has 1 fully saturated rings. The van der Waals surface area contributed by atoms with Crippen LogP contribution in [0, 0.1) is 0 Å². The smallest absolute Gasteiger partial charge is 0.131 e. The van der Waals surface area contributed by atoms with Gasteiger partial charge in [0.1, 0.15) is 17.9 Å². The third-order valence-corrected chi connectivity index (χ3v) is 6.67. The molecule has 1 aromatic heterocycles. The molecule has 1 heterocycles. The molecular formula is C24H35N5O2. The summed E-state index contributed by atoms with van der Waals surface area (Å²) in [6.45, 7) is 5.91. The number of ether oxygens (including phenoxy) is 1. The molecule has 0 amide bonds. The minimum atomic E-state index is -0.169. The number of nitrogen functional groups attached to an aromatic ring is 1. The van der Waals surface area contributed by atoms with Crippen molar-refractivity contribution in [3.05, 3.63) is 35.2 Å². The lowest BCUT2D eigenvalue weighted by molar-refractivity contribution is 0.145. The van der Waals surface area contributed by atoms with Crippen molar-refractivity contribution in [2.75, 3.05) is 25.4 Å². The lowest BCUT2D eigenvalue weighted by Crippen LogP contribution is -2.32. The standard InChI is InChI=1S/C24H35N5O2/c1-24(2)13-19-17(9-10-27-11-12-30)20(31-16-5-3-15(25)4-6-16)8-7-18(19)22-21(24)23(26)29-14-28-22/h7-8,14-16,27,30H,3-6,9-13,25H2,1-2H3,(H2,26,28,29). The van der Waals surface area contributed by atoms with Crippen LogP contribution in [0.25, 0.3) is 11.3 Å². The van der Waals surface area contributed by atoms with Crippen molar-refractivity contribution in [1.29, 1.82) is 0 Å². The highest BCUT2D eigenvalue weighted by molar-refractivity contribution is 5.77. The summed E-state index contributed by atoms with van der Waals surface area (Å²) in [6.07, 6.45) is 7.48. The number of hydrogen-bond donors (Lipinski definition) is 4. The molecule has 1 saturated carbocycles. The Hall–Kier alpha value is -2.22. The van der Waals surface area contributed by atoms with E-state index in [0.717, 1.165) is 67.6 Å². The predicted molar refractivity (Wildman–Crippen MR) is 123 cm³/mol. The van der Waals surface area contributed by atoms with Crippen LogP contribution < -0.4 is 21.5 Å². The van der Waals surface area contributed by atoms with Gasteiger partial charge in [0.25, 0.3) is 0 Å². The maximum Gasteiger partial charge on any atom is 0.131 e. The normalized spacial score (nSPS) is 21.9. The molecule has 0 saturated heterocycles. The molecule has 31 heavy (non-hydrogen) atoms. The van der Waals surface area contributed by atoms with E-state index >= 15 is 0 Å². The molecule has 0 unspecified atom stereocenters. The van der Waals surface area contributed by atoms with Crippen molar-refractivity contribution in [1.82, 2.24) is 15.3 Å². The van der Waals surface area contributed by atoms with Gasteiger partial charge in [-0.05, 0) is 73.7 Å². The molecule has 0 radical (unpaired) electrons. The van der Waals surface area contributed by atoms with E-state index < -0.39 is 0 Å². The number of nitrogens with zero attached hydrogens (tertiary/aromatic N) is 2. The van der Waals surface area contributed by atoms with Crippen molar-refractivity contribution < 1.29 is 9.84 Å². The molecule has 2 aromatic rings. The van der Waals surface area contributed by atoms with Gasteiger partial charge in [-0.2, -0.15) is 0 Å². The van der Waals surface area contributed by atoms with E-state index in [2.05, 4.69) is 41.3 Å². The van der Waals surface area contributed by atoms with E-state index in [-0.39, 0.29) is 18.1 Å². The number of nitrogens with two attached hydrogens (primary N) is 2. The molecule has 0 aliphatic heterocycles. The van der Waals surface area contributed by atoms with E-state index in [0.29, 0.717) is 18.4 Å². The van der Waals surface area contributed by atoms with Crippen LogP contribution >= 0.6 is 0 Å². The van der Waals surface area contributed by atoms with Crippen LogP contribution in [0.5, 0.6) is 5.75 Å². The second-order valence-corrected chi connectivity index (χ2v) is 9.49. The topological polar surface area (TPSA) is 119 Å². The van der Waals surface area contributed by atoms with Crippen LogP contribution in [0.15, 0.2) is 18.5 Å². The van der Waals surface area contributed by atoms with E-state index in [4.69, 9.17) is 21.3 Å². The van der Waals surface area contributed by atoms with Crippen molar-refractivity contribution in [2.45, 2.75) is 69.9 Å². The molecule has 2 aliphatic carbocycles. The first kappa shape index (κ1) is 22.0. The number of benzene rings is 1. The summed E-state index contributed by atoms with van der Waals surface area (Å²) in [4.78, 5) is 8.88. The van der Waals surface area contributed by atoms with Crippen LogP contribution in [0.4, 0.5) is 5.82 Å². The zero-order valence-corrected chi connectivity index (χ0v) is 18.7. The van der Waals surface area contributed by atoms with Crippen LogP contribution in [-0.2, 0) is 18.3 Å². The first-order valence-corrected chi connectivity index (χ1v) is 11.4. The van der Waals surface area contributed by atoms with Gasteiger partial charge >= 0.3 is 0 Å². The van der Waals surface area contributed by atoms with Gasteiger partial charge in [-0.25, -0.2) is 9.97 Å². The summed E-state index contributed by atoms with van der Waals surface area (Å²) >= 11 is 0. The van der Waals surface area contributed by atoms with Crippen LogP contribution in [0.2, 0.25) is 0 Å². The Bertz CT molecular complexity index is 922. The average Bonchev–Trinajstić information content (AvgIpc) is 2.73. The molecule has 7 nitrogen and oxygen atoms in total. The minimum absolute atomic E-state index is 0.134. The number of hydrogen-bond acceptors (Lipinski definition) is 7. The maximum atomic E-state index is 9.13. The van der Waals surface area contributed by atoms with Gasteiger partial charge in [-0.1, -0.05) is 13.8 Å². The highest BCUT2D eigenvalue weighted by atomic mass is 16.5. The number of aliphatic hydroxyl groups is 1. The summed E-state index contributed by atoms with van der Waals surface area (Å²) in [7, 11) is 0. The van der Waals surface area contributed by atoms with Crippen molar-refractivity contribution in [3.8, 4) is 17.0 Å². The van der Waals surface area contributed by atoms with Gasteiger partial charge in [-0.15, -0.1) is 0 Å². The number of nitrogens with one attached hydrogen (secondary N) is 1. The minimum Gasteiger partial charge on any atom is -0.490 e. The van der Waals surface area contributed by atoms with Crippen LogP contribution in [0.3, 0.4) is 0 Å². The Morgan fingerprint density at radius 1 is 1.16 bits per heavy atom. The maximum absolute atomic E-state index is 9.13. The SMILES string of the molecule is CC1(C)Cc2c(ccc(OC3CCC(N)CC3)c2CCNCCO)-c2ncnc(N)c21. The van der Waals surface area contributed by atoms with Crippen molar-refractivity contribution in [3.63, 3.8) is 0 Å². The molecule has 168 valence electrons. The molecule has 2 aliphatic rings. The van der Waals surface area contributed by atoms with Crippen molar-refractivity contribution in [2.24, 2.45) is 5.73 Å². The molecule has 0 spiro atoms. The Kier molecular flexibility index (Phi) is 6.46. The molecule has 7 heteroatoms.